The van der Waals surface area contributed by atoms with Crippen LogP contribution in [0.25, 0.3) is 0 Å². The number of carbonyl (C=O) groups is 2. The smallest absolute Gasteiger partial charge is 0.338 e. The van der Waals surface area contributed by atoms with Crippen LogP contribution in [0.2, 0.25) is 0 Å². The number of methoxy groups -OCH3 is 3. The van der Waals surface area contributed by atoms with Crippen molar-refractivity contribution < 1.29 is 43.5 Å². The van der Waals surface area contributed by atoms with E-state index in [1.807, 2.05) is 6.07 Å². The Kier molecular flexibility index (Phi) is 13.5. The molecule has 1 saturated heterocycles. The molecular weight excluding hydrogens is 723 g/mol. The van der Waals surface area contributed by atoms with Crippen LogP contribution in [-0.4, -0.2) is 110 Å². The summed E-state index contributed by atoms with van der Waals surface area (Å²) in [4.78, 5) is 31.0. The van der Waals surface area contributed by atoms with Gasteiger partial charge in [-0.1, -0.05) is 116 Å². The van der Waals surface area contributed by atoms with Crippen LogP contribution >= 0.6 is 0 Å². The Labute approximate surface area is 342 Å². The number of piperidine rings is 1. The second-order valence-electron chi connectivity index (χ2n) is 18.9. The Morgan fingerprint density at radius 1 is 0.825 bits per heavy atom. The topological polar surface area (TPSA) is 124 Å². The number of esters is 2. The predicted molar refractivity (Wildman–Crippen MR) is 218 cm³/mol. The third-order valence-corrected chi connectivity index (χ3v) is 16.2. The minimum absolute atomic E-state index is 0.0368. The number of rotatable bonds is 22. The van der Waals surface area contributed by atoms with Crippen molar-refractivity contribution in [2.45, 2.75) is 171 Å². The third-order valence-electron chi connectivity index (χ3n) is 16.2. The maximum absolute atomic E-state index is 14.4. The van der Waals surface area contributed by atoms with E-state index < -0.39 is 47.3 Å². The minimum Gasteiger partial charge on any atom is -0.455 e. The molecular formula is C47H73NO9. The van der Waals surface area contributed by atoms with Crippen molar-refractivity contribution in [1.82, 2.24) is 4.90 Å². The number of hydrogen-bond acceptors (Lipinski definition) is 10. The van der Waals surface area contributed by atoms with Gasteiger partial charge in [0.05, 0.1) is 18.3 Å². The molecule has 1 spiro atoms. The van der Waals surface area contributed by atoms with Crippen molar-refractivity contribution in [1.29, 1.82) is 0 Å². The van der Waals surface area contributed by atoms with Crippen molar-refractivity contribution >= 4 is 11.9 Å². The van der Waals surface area contributed by atoms with E-state index in [0.29, 0.717) is 18.6 Å². The molecule has 7 bridgehead atoms. The number of unbranched alkanes of at least 4 members (excludes halogenated alkanes) is 12. The van der Waals surface area contributed by atoms with Gasteiger partial charge < -0.3 is 33.9 Å². The van der Waals surface area contributed by atoms with Crippen LogP contribution in [0.15, 0.2) is 30.3 Å². The third kappa shape index (κ3) is 7.02. The molecule has 0 amide bonds. The molecule has 6 aliphatic rings. The molecule has 0 radical (unpaired) electrons. The zero-order valence-corrected chi connectivity index (χ0v) is 35.6. The van der Waals surface area contributed by atoms with E-state index in [2.05, 4.69) is 18.7 Å². The highest BCUT2D eigenvalue weighted by Crippen LogP contribution is 2.80. The molecule has 10 heteroatoms. The summed E-state index contributed by atoms with van der Waals surface area (Å²) in [5, 5.41) is 25.9. The van der Waals surface area contributed by atoms with Crippen LogP contribution in [0, 0.1) is 34.5 Å². The van der Waals surface area contributed by atoms with Crippen molar-refractivity contribution in [2.24, 2.45) is 34.5 Å². The Hall–Kier alpha value is -2.08. The van der Waals surface area contributed by atoms with E-state index in [1.165, 1.54) is 71.3 Å². The zero-order valence-electron chi connectivity index (χ0n) is 35.6. The van der Waals surface area contributed by atoms with E-state index in [9.17, 15) is 19.8 Å². The Balaban J connectivity index is 1.18. The first-order chi connectivity index (χ1) is 27.6. The largest absolute Gasteiger partial charge is 0.455 e. The van der Waals surface area contributed by atoms with E-state index in [4.69, 9.17) is 23.7 Å². The number of fused-ring (bicyclic) bond motifs is 2. The van der Waals surface area contributed by atoms with Crippen LogP contribution in [0.1, 0.15) is 140 Å². The normalized spacial score (nSPS) is 39.9. The molecule has 6 fully saturated rings. The number of carbonyl (C=O) groups excluding carboxylic acids is 2. The summed E-state index contributed by atoms with van der Waals surface area (Å²) in [6.45, 7) is 6.62. The SMILES string of the molecule is CCCCCCCCCCCCCCCC(=O)O[C@]12[C@H]3[C@@H](OC(=O)c4ccccc4)[C@](O)(C[C@H]3[C@@]34CCC[C@@]5(COC)CN(CC)C3[C@@H]1[C@H](OC)[C@H]54)[C@@H](OC)[C@@H]2O. The van der Waals surface area contributed by atoms with Crippen LogP contribution in [0.4, 0.5) is 0 Å². The van der Waals surface area contributed by atoms with Gasteiger partial charge in [0.2, 0.25) is 0 Å². The van der Waals surface area contributed by atoms with Crippen molar-refractivity contribution in [2.75, 3.05) is 41.0 Å². The van der Waals surface area contributed by atoms with Gasteiger partial charge in [0.1, 0.15) is 23.9 Å². The number of hydrogen-bond donors (Lipinski definition) is 2. The number of likely N-dealkylation sites (tertiary alicyclic amines) is 1. The first-order valence-electron chi connectivity index (χ1n) is 22.8. The summed E-state index contributed by atoms with van der Waals surface area (Å²) in [6, 6.07) is 8.76. The van der Waals surface area contributed by atoms with Crippen LogP contribution < -0.4 is 0 Å². The summed E-state index contributed by atoms with van der Waals surface area (Å²) in [7, 11) is 5.02. The first kappa shape index (κ1) is 43.0. The summed E-state index contributed by atoms with van der Waals surface area (Å²) < 4.78 is 32.3. The monoisotopic (exact) mass is 796 g/mol. The molecule has 0 aromatic heterocycles. The number of nitrogens with zero attached hydrogens (tertiary/aromatic N) is 1. The molecule has 1 aromatic carbocycles. The molecule has 320 valence electrons. The van der Waals surface area contributed by atoms with Crippen molar-refractivity contribution in [3.8, 4) is 0 Å². The van der Waals surface area contributed by atoms with Crippen molar-refractivity contribution in [3.05, 3.63) is 35.9 Å². The Morgan fingerprint density at radius 2 is 1.47 bits per heavy atom. The molecule has 1 aliphatic heterocycles. The fourth-order valence-electron chi connectivity index (χ4n) is 14.4. The van der Waals surface area contributed by atoms with Gasteiger partial charge in [-0.3, -0.25) is 9.69 Å². The van der Waals surface area contributed by atoms with Gasteiger partial charge in [0.25, 0.3) is 0 Å². The molecule has 7 rings (SSSR count). The van der Waals surface area contributed by atoms with Gasteiger partial charge in [-0.25, -0.2) is 4.79 Å². The molecule has 57 heavy (non-hydrogen) atoms. The maximum atomic E-state index is 14.4. The molecule has 10 nitrogen and oxygen atoms in total. The zero-order chi connectivity index (χ0) is 40.4. The van der Waals surface area contributed by atoms with Crippen LogP contribution in [-0.2, 0) is 28.5 Å². The standard InChI is InChI=1S/C47H73NO9/c1-6-8-9-10-11-12-13-14-15-16-17-18-22-26-34(49)57-47-35-33(29-46(52,42(55-5)40(47)50)41(35)56-43(51)32-24-20-19-21-25-32)45-28-23-27-44(31-53-3)30-48(7-2)39(45)36(47)37(54-4)38(44)45/h19-21,24-25,33,35-42,50,52H,6-18,22-23,26-31H2,1-5H3/t33-,35-,36+,37+,38-,39?,40+,41-,42+,44+,45-,46-,47-/m1/s1. The molecule has 13 atom stereocenters. The molecule has 1 heterocycles. The number of ether oxygens (including phenoxy) is 5. The highest BCUT2D eigenvalue weighted by atomic mass is 16.6. The second-order valence-corrected chi connectivity index (χ2v) is 18.9. The lowest BCUT2D eigenvalue weighted by Gasteiger charge is -2.68. The van der Waals surface area contributed by atoms with E-state index in [-0.39, 0.29) is 53.6 Å². The number of aliphatic hydroxyl groups is 2. The lowest BCUT2D eigenvalue weighted by Crippen LogP contribution is -2.79. The molecule has 1 aromatic rings. The first-order valence-corrected chi connectivity index (χ1v) is 22.8. The summed E-state index contributed by atoms with van der Waals surface area (Å²) >= 11 is 0. The predicted octanol–water partition coefficient (Wildman–Crippen LogP) is 7.51. The van der Waals surface area contributed by atoms with Gasteiger partial charge in [0.15, 0.2) is 5.60 Å². The lowest BCUT2D eigenvalue weighted by atomic mass is 9.44. The number of benzene rings is 1. The summed E-state index contributed by atoms with van der Waals surface area (Å²) in [5.41, 5.74) is -3.44. The molecule has 5 aliphatic carbocycles. The second kappa shape index (κ2) is 17.9. The maximum Gasteiger partial charge on any atom is 0.338 e. The lowest BCUT2D eigenvalue weighted by molar-refractivity contribution is -0.311. The highest BCUT2D eigenvalue weighted by Gasteiger charge is 2.90. The van der Waals surface area contributed by atoms with Crippen molar-refractivity contribution in [3.63, 3.8) is 0 Å². The molecule has 1 unspecified atom stereocenters. The van der Waals surface area contributed by atoms with E-state index >= 15 is 0 Å². The summed E-state index contributed by atoms with van der Waals surface area (Å²) in [6.07, 6.45) is 15.1. The molecule has 2 N–H and O–H groups in total. The van der Waals surface area contributed by atoms with Gasteiger partial charge in [-0.15, -0.1) is 0 Å². The van der Waals surface area contributed by atoms with Gasteiger partial charge in [-0.2, -0.15) is 0 Å². The highest BCUT2D eigenvalue weighted by molar-refractivity contribution is 5.89. The Bertz CT molecular complexity index is 1510. The molecule has 5 saturated carbocycles. The quantitative estimate of drug-likeness (QED) is 0.0901. The van der Waals surface area contributed by atoms with Crippen LogP contribution in [0.5, 0.6) is 0 Å². The average Bonchev–Trinajstić information content (AvgIpc) is 3.58. The minimum atomic E-state index is -1.70. The fraction of sp³-hybridized carbons (Fsp3) is 0.830. The van der Waals surface area contributed by atoms with Gasteiger partial charge in [-0.05, 0) is 55.7 Å². The van der Waals surface area contributed by atoms with E-state index in [1.54, 1.807) is 38.5 Å². The van der Waals surface area contributed by atoms with Crippen LogP contribution in [0.3, 0.4) is 0 Å². The fourth-order valence-corrected chi connectivity index (χ4v) is 14.4. The summed E-state index contributed by atoms with van der Waals surface area (Å²) in [5.74, 6) is -2.23. The Morgan fingerprint density at radius 3 is 2.07 bits per heavy atom. The van der Waals surface area contributed by atoms with E-state index in [0.717, 1.165) is 45.2 Å². The number of aliphatic hydroxyl groups excluding tert-OH is 1. The van der Waals surface area contributed by atoms with Gasteiger partial charge in [0, 0.05) is 63.5 Å². The van der Waals surface area contributed by atoms with Gasteiger partial charge >= 0.3 is 11.9 Å². The average molecular weight is 796 g/mol.